The summed E-state index contributed by atoms with van der Waals surface area (Å²) < 4.78 is 12.1. The molecule has 0 aliphatic rings. The van der Waals surface area contributed by atoms with Crippen LogP contribution in [0.1, 0.15) is 37.5 Å². The summed E-state index contributed by atoms with van der Waals surface area (Å²) in [5.74, 6) is -0.644. The molecule has 0 N–H and O–H groups in total. The van der Waals surface area contributed by atoms with Crippen molar-refractivity contribution in [2.75, 3.05) is 0 Å². The first-order valence-corrected chi connectivity index (χ1v) is 12.4. The molecular formula is C23H29NO3Si. The van der Waals surface area contributed by atoms with Gasteiger partial charge >= 0.3 is 5.97 Å². The van der Waals surface area contributed by atoms with E-state index in [1.54, 1.807) is 12.1 Å². The summed E-state index contributed by atoms with van der Waals surface area (Å²) in [4.78, 5) is 13.2. The van der Waals surface area contributed by atoms with E-state index in [0.29, 0.717) is 5.56 Å². The third-order valence-electron chi connectivity index (χ3n) is 5.42. The Morgan fingerprint density at radius 2 is 1.57 bits per heavy atom. The van der Waals surface area contributed by atoms with Crippen molar-refractivity contribution in [3.05, 3.63) is 71.3 Å². The number of nitriles is 1. The van der Waals surface area contributed by atoms with E-state index < -0.39 is 19.9 Å². The van der Waals surface area contributed by atoms with E-state index in [9.17, 15) is 10.1 Å². The van der Waals surface area contributed by atoms with Crippen molar-refractivity contribution in [3.8, 4) is 6.07 Å². The number of benzene rings is 2. The van der Waals surface area contributed by atoms with Crippen LogP contribution < -0.4 is 0 Å². The van der Waals surface area contributed by atoms with Crippen LogP contribution in [0.5, 0.6) is 0 Å². The third-order valence-corrected chi connectivity index (χ3v) is 10.0. The zero-order chi connectivity index (χ0) is 20.6. The van der Waals surface area contributed by atoms with Crippen LogP contribution in [0, 0.1) is 18.3 Å². The van der Waals surface area contributed by atoms with E-state index in [2.05, 4.69) is 26.8 Å². The fourth-order valence-corrected chi connectivity index (χ4v) is 6.09. The van der Waals surface area contributed by atoms with Crippen molar-refractivity contribution >= 4 is 14.3 Å². The minimum Gasteiger partial charge on any atom is -0.458 e. The monoisotopic (exact) mass is 395 g/mol. The van der Waals surface area contributed by atoms with Crippen molar-refractivity contribution in [1.82, 2.24) is 0 Å². The summed E-state index contributed by atoms with van der Waals surface area (Å²) in [6.45, 7) is 8.30. The predicted molar refractivity (Wildman–Crippen MR) is 113 cm³/mol. The Bertz CT molecular complexity index is 802. The van der Waals surface area contributed by atoms with E-state index in [0.717, 1.165) is 29.3 Å². The molecule has 0 heterocycles. The highest BCUT2D eigenvalue weighted by molar-refractivity contribution is 6.73. The standard InChI is InChI=1S/C23H29NO3Si/c1-5-28(6-2,7-3)27-23(18-24,21-15-13-19(4)14-16-21)22(25)26-17-20-11-9-8-10-12-20/h8-16H,5-7,17H2,1-4H3/t23-/m1/s1. The molecule has 2 aromatic carbocycles. The summed E-state index contributed by atoms with van der Waals surface area (Å²) in [6, 6.07) is 21.5. The van der Waals surface area contributed by atoms with Crippen LogP contribution in [0.4, 0.5) is 0 Å². The molecule has 148 valence electrons. The van der Waals surface area contributed by atoms with Crippen molar-refractivity contribution in [2.45, 2.75) is 58.0 Å². The normalized spacial score (nSPS) is 13.4. The van der Waals surface area contributed by atoms with Crippen LogP contribution in [0.15, 0.2) is 54.6 Å². The van der Waals surface area contributed by atoms with Crippen molar-refractivity contribution in [1.29, 1.82) is 5.26 Å². The van der Waals surface area contributed by atoms with Crippen LogP contribution in [0.25, 0.3) is 0 Å². The lowest BCUT2D eigenvalue weighted by molar-refractivity contribution is -0.160. The van der Waals surface area contributed by atoms with Gasteiger partial charge in [0, 0.05) is 5.56 Å². The Labute approximate surface area is 169 Å². The Kier molecular flexibility index (Phi) is 7.56. The van der Waals surface area contributed by atoms with Crippen molar-refractivity contribution in [2.24, 2.45) is 0 Å². The quantitative estimate of drug-likeness (QED) is 0.417. The molecule has 0 saturated carbocycles. The van der Waals surface area contributed by atoms with E-state index in [-0.39, 0.29) is 6.61 Å². The molecule has 0 aromatic heterocycles. The number of hydrogen-bond donors (Lipinski definition) is 0. The molecule has 0 saturated heterocycles. The molecule has 0 unspecified atom stereocenters. The number of rotatable bonds is 9. The lowest BCUT2D eigenvalue weighted by atomic mass is 9.95. The van der Waals surface area contributed by atoms with Gasteiger partial charge in [0.05, 0.1) is 0 Å². The Hall–Kier alpha value is -2.42. The van der Waals surface area contributed by atoms with Crippen LogP contribution >= 0.6 is 0 Å². The zero-order valence-electron chi connectivity index (χ0n) is 17.2. The predicted octanol–water partition coefficient (Wildman–Crippen LogP) is 5.48. The van der Waals surface area contributed by atoms with E-state index in [1.807, 2.05) is 49.4 Å². The molecule has 0 radical (unpaired) electrons. The number of esters is 1. The van der Waals surface area contributed by atoms with E-state index >= 15 is 0 Å². The average Bonchev–Trinajstić information content (AvgIpc) is 2.75. The van der Waals surface area contributed by atoms with Gasteiger partial charge in [-0.15, -0.1) is 0 Å². The molecule has 0 aliphatic heterocycles. The molecule has 0 spiro atoms. The Morgan fingerprint density at radius 3 is 2.07 bits per heavy atom. The van der Waals surface area contributed by atoms with E-state index in [4.69, 9.17) is 9.16 Å². The number of nitrogens with zero attached hydrogens (tertiary/aromatic N) is 1. The minimum atomic E-state index is -2.26. The lowest BCUT2D eigenvalue weighted by Crippen LogP contribution is -2.50. The number of carbonyl (C=O) groups excluding carboxylic acids is 1. The Balaban J connectivity index is 2.43. The fraction of sp³-hybridized carbons (Fsp3) is 0.391. The molecule has 1 atom stereocenters. The van der Waals surface area contributed by atoms with Gasteiger partial charge in [-0.1, -0.05) is 80.9 Å². The van der Waals surface area contributed by atoms with Gasteiger partial charge in [0.1, 0.15) is 12.7 Å². The lowest BCUT2D eigenvalue weighted by Gasteiger charge is -2.37. The topological polar surface area (TPSA) is 59.3 Å². The molecule has 2 rings (SSSR count). The SMILES string of the molecule is CC[Si](CC)(CC)O[C@@](C#N)(C(=O)OCc1ccccc1)c1ccc(C)cc1. The maximum Gasteiger partial charge on any atom is 0.357 e. The van der Waals surface area contributed by atoms with Crippen molar-refractivity contribution < 1.29 is 14.0 Å². The molecule has 0 amide bonds. The first-order valence-electron chi connectivity index (χ1n) is 9.85. The maximum absolute atomic E-state index is 13.2. The molecule has 28 heavy (non-hydrogen) atoms. The number of carbonyl (C=O) groups is 1. The molecular weight excluding hydrogens is 366 g/mol. The van der Waals surface area contributed by atoms with Gasteiger partial charge in [0.15, 0.2) is 8.32 Å². The first-order chi connectivity index (χ1) is 13.4. The van der Waals surface area contributed by atoms with Crippen LogP contribution in [0.2, 0.25) is 18.1 Å². The van der Waals surface area contributed by atoms with Gasteiger partial charge in [-0.3, -0.25) is 0 Å². The molecule has 4 nitrogen and oxygen atoms in total. The highest BCUT2D eigenvalue weighted by Crippen LogP contribution is 2.36. The van der Waals surface area contributed by atoms with Crippen LogP contribution in [-0.4, -0.2) is 14.3 Å². The van der Waals surface area contributed by atoms with Gasteiger partial charge in [0.2, 0.25) is 0 Å². The molecule has 2 aromatic rings. The number of aryl methyl sites for hydroxylation is 1. The number of hydrogen-bond acceptors (Lipinski definition) is 4. The summed E-state index contributed by atoms with van der Waals surface area (Å²) in [7, 11) is -2.26. The van der Waals surface area contributed by atoms with E-state index in [1.165, 1.54) is 0 Å². The second kappa shape index (κ2) is 9.68. The number of ether oxygens (including phenoxy) is 1. The maximum atomic E-state index is 13.2. The average molecular weight is 396 g/mol. The second-order valence-corrected chi connectivity index (χ2v) is 11.8. The molecule has 0 fully saturated rings. The van der Waals surface area contributed by atoms with Gasteiger partial charge in [-0.2, -0.15) is 5.26 Å². The molecule has 0 aliphatic carbocycles. The molecule has 5 heteroatoms. The summed E-state index contributed by atoms with van der Waals surface area (Å²) in [6.07, 6.45) is 0. The fourth-order valence-electron chi connectivity index (χ4n) is 3.26. The van der Waals surface area contributed by atoms with Crippen molar-refractivity contribution in [3.63, 3.8) is 0 Å². The highest BCUT2D eigenvalue weighted by atomic mass is 28.4. The van der Waals surface area contributed by atoms with Crippen LogP contribution in [-0.2, 0) is 26.2 Å². The second-order valence-electron chi connectivity index (χ2n) is 7.07. The van der Waals surface area contributed by atoms with Gasteiger partial charge in [-0.25, -0.2) is 4.79 Å². The summed E-state index contributed by atoms with van der Waals surface area (Å²) in [5.41, 5.74) is 0.720. The minimum absolute atomic E-state index is 0.108. The first kappa shape index (κ1) is 21.9. The van der Waals surface area contributed by atoms with Gasteiger partial charge in [-0.05, 0) is 30.6 Å². The summed E-state index contributed by atoms with van der Waals surface area (Å²) in [5, 5.41) is 10.2. The smallest absolute Gasteiger partial charge is 0.357 e. The Morgan fingerprint density at radius 1 is 1.00 bits per heavy atom. The van der Waals surface area contributed by atoms with Crippen LogP contribution in [0.3, 0.4) is 0 Å². The van der Waals surface area contributed by atoms with Gasteiger partial charge < -0.3 is 9.16 Å². The highest BCUT2D eigenvalue weighted by Gasteiger charge is 2.49. The molecule has 0 bridgehead atoms. The van der Waals surface area contributed by atoms with Gasteiger partial charge in [0.25, 0.3) is 5.60 Å². The third kappa shape index (κ3) is 4.70. The zero-order valence-corrected chi connectivity index (χ0v) is 18.2. The summed E-state index contributed by atoms with van der Waals surface area (Å²) >= 11 is 0. The largest absolute Gasteiger partial charge is 0.458 e.